The van der Waals surface area contributed by atoms with Crippen molar-refractivity contribution in [2.75, 3.05) is 12.4 Å². The van der Waals surface area contributed by atoms with Crippen LogP contribution in [-0.4, -0.2) is 28.0 Å². The number of methoxy groups -OCH3 is 1. The van der Waals surface area contributed by atoms with E-state index in [1.165, 1.54) is 13.3 Å². The fourth-order valence-electron chi connectivity index (χ4n) is 1.57. The van der Waals surface area contributed by atoms with E-state index in [0.717, 1.165) is 5.56 Å². The molecule has 0 fully saturated rings. The van der Waals surface area contributed by atoms with E-state index in [9.17, 15) is 4.79 Å². The first-order valence-electron chi connectivity index (χ1n) is 5.78. The number of pyridine rings is 1. The molecule has 0 saturated carbocycles. The molecule has 1 unspecified atom stereocenters. The van der Waals surface area contributed by atoms with Gasteiger partial charge in [0.05, 0.1) is 13.2 Å². The maximum absolute atomic E-state index is 11.3. The van der Waals surface area contributed by atoms with Crippen LogP contribution in [0.2, 0.25) is 0 Å². The molecule has 6 nitrogen and oxygen atoms in total. The highest BCUT2D eigenvalue weighted by atomic mass is 16.5. The van der Waals surface area contributed by atoms with Crippen molar-refractivity contribution >= 4 is 11.8 Å². The van der Waals surface area contributed by atoms with Gasteiger partial charge in [-0.3, -0.25) is 4.98 Å². The molecule has 0 aliphatic rings. The van der Waals surface area contributed by atoms with Crippen molar-refractivity contribution in [3.8, 4) is 0 Å². The topological polar surface area (TPSA) is 77.0 Å². The van der Waals surface area contributed by atoms with Crippen LogP contribution in [-0.2, 0) is 4.74 Å². The van der Waals surface area contributed by atoms with Gasteiger partial charge in [-0.15, -0.1) is 0 Å². The first-order chi connectivity index (χ1) is 9.20. The quantitative estimate of drug-likeness (QED) is 0.843. The standard InChI is InChI=1S/C13H14N4O2/c1-9(10-4-3-6-14-8-10)16-11-5-7-15-12(17-11)13(18)19-2/h3-9H,1-2H3,(H,15,16,17). The summed E-state index contributed by atoms with van der Waals surface area (Å²) in [6.45, 7) is 1.98. The molecule has 2 rings (SSSR count). The van der Waals surface area contributed by atoms with E-state index in [0.29, 0.717) is 5.82 Å². The number of hydrogen-bond donors (Lipinski definition) is 1. The highest BCUT2D eigenvalue weighted by Gasteiger charge is 2.11. The summed E-state index contributed by atoms with van der Waals surface area (Å²) in [5.41, 5.74) is 1.03. The van der Waals surface area contributed by atoms with Crippen LogP contribution in [0.4, 0.5) is 5.82 Å². The molecule has 19 heavy (non-hydrogen) atoms. The normalized spacial score (nSPS) is 11.7. The third-order valence-corrected chi connectivity index (χ3v) is 2.57. The van der Waals surface area contributed by atoms with Gasteiger partial charge in [-0.05, 0) is 24.6 Å². The van der Waals surface area contributed by atoms with Crippen LogP contribution in [0.1, 0.15) is 29.1 Å². The van der Waals surface area contributed by atoms with Crippen molar-refractivity contribution in [1.82, 2.24) is 15.0 Å². The number of hydrogen-bond acceptors (Lipinski definition) is 6. The second-order valence-electron chi connectivity index (χ2n) is 3.91. The number of nitrogens with one attached hydrogen (secondary N) is 1. The predicted octanol–water partition coefficient (Wildman–Crippen LogP) is 1.83. The average molecular weight is 258 g/mol. The lowest BCUT2D eigenvalue weighted by Crippen LogP contribution is -2.12. The molecule has 2 aromatic rings. The van der Waals surface area contributed by atoms with Gasteiger partial charge in [0.2, 0.25) is 5.82 Å². The molecule has 98 valence electrons. The van der Waals surface area contributed by atoms with E-state index >= 15 is 0 Å². The van der Waals surface area contributed by atoms with Crippen molar-refractivity contribution in [2.24, 2.45) is 0 Å². The van der Waals surface area contributed by atoms with Crippen molar-refractivity contribution in [2.45, 2.75) is 13.0 Å². The SMILES string of the molecule is COC(=O)c1nccc(NC(C)c2cccnc2)n1. The molecule has 2 heterocycles. The minimum atomic E-state index is -0.558. The predicted molar refractivity (Wildman–Crippen MR) is 69.6 cm³/mol. The zero-order valence-corrected chi connectivity index (χ0v) is 10.7. The monoisotopic (exact) mass is 258 g/mol. The second-order valence-corrected chi connectivity index (χ2v) is 3.91. The maximum atomic E-state index is 11.3. The highest BCUT2D eigenvalue weighted by molar-refractivity contribution is 5.85. The van der Waals surface area contributed by atoms with Crippen LogP contribution in [0.25, 0.3) is 0 Å². The molecular formula is C13H14N4O2. The number of rotatable bonds is 4. The number of esters is 1. The number of ether oxygens (including phenoxy) is 1. The summed E-state index contributed by atoms with van der Waals surface area (Å²) in [5, 5.41) is 3.18. The van der Waals surface area contributed by atoms with Crippen molar-refractivity contribution in [3.05, 3.63) is 48.2 Å². The summed E-state index contributed by atoms with van der Waals surface area (Å²) in [4.78, 5) is 23.3. The van der Waals surface area contributed by atoms with Gasteiger partial charge in [0.15, 0.2) is 0 Å². The fraction of sp³-hybridized carbons (Fsp3) is 0.231. The Morgan fingerprint density at radius 3 is 2.89 bits per heavy atom. The number of carbonyl (C=O) groups excluding carboxylic acids is 1. The molecule has 0 aliphatic heterocycles. The first-order valence-corrected chi connectivity index (χ1v) is 5.78. The third-order valence-electron chi connectivity index (χ3n) is 2.57. The van der Waals surface area contributed by atoms with Gasteiger partial charge < -0.3 is 10.1 Å². The van der Waals surface area contributed by atoms with Gasteiger partial charge in [0, 0.05) is 18.6 Å². The Balaban J connectivity index is 2.13. The van der Waals surface area contributed by atoms with E-state index in [1.54, 1.807) is 18.5 Å². The fourth-order valence-corrected chi connectivity index (χ4v) is 1.57. The van der Waals surface area contributed by atoms with Crippen LogP contribution in [0, 0.1) is 0 Å². The summed E-state index contributed by atoms with van der Waals surface area (Å²) < 4.78 is 4.58. The molecule has 0 radical (unpaired) electrons. The molecule has 0 saturated heterocycles. The van der Waals surface area contributed by atoms with Crippen molar-refractivity contribution in [3.63, 3.8) is 0 Å². The van der Waals surface area contributed by atoms with Crippen LogP contribution >= 0.6 is 0 Å². The molecule has 0 bridgehead atoms. The van der Waals surface area contributed by atoms with E-state index in [4.69, 9.17) is 0 Å². The van der Waals surface area contributed by atoms with E-state index in [2.05, 4.69) is 25.0 Å². The summed E-state index contributed by atoms with van der Waals surface area (Å²) >= 11 is 0. The minimum absolute atomic E-state index is 0.0223. The molecule has 0 aromatic carbocycles. The molecule has 1 N–H and O–H groups in total. The van der Waals surface area contributed by atoms with Gasteiger partial charge in [-0.1, -0.05) is 6.07 Å². The van der Waals surface area contributed by atoms with Gasteiger partial charge in [0.1, 0.15) is 5.82 Å². The van der Waals surface area contributed by atoms with Gasteiger partial charge in [-0.25, -0.2) is 14.8 Å². The lowest BCUT2D eigenvalue weighted by molar-refractivity contribution is 0.0587. The smallest absolute Gasteiger partial charge is 0.376 e. The lowest BCUT2D eigenvalue weighted by atomic mass is 10.1. The minimum Gasteiger partial charge on any atom is -0.463 e. The van der Waals surface area contributed by atoms with E-state index < -0.39 is 5.97 Å². The number of nitrogens with zero attached hydrogens (tertiary/aromatic N) is 3. The van der Waals surface area contributed by atoms with E-state index in [1.807, 2.05) is 19.1 Å². The zero-order chi connectivity index (χ0) is 13.7. The number of carbonyl (C=O) groups is 1. The van der Waals surface area contributed by atoms with E-state index in [-0.39, 0.29) is 11.9 Å². The largest absolute Gasteiger partial charge is 0.463 e. The zero-order valence-electron chi connectivity index (χ0n) is 10.7. The molecule has 0 aliphatic carbocycles. The average Bonchev–Trinajstić information content (AvgIpc) is 2.47. The molecular weight excluding hydrogens is 244 g/mol. The Morgan fingerprint density at radius 2 is 2.21 bits per heavy atom. The molecule has 6 heteroatoms. The molecule has 0 amide bonds. The molecule has 1 atom stereocenters. The second kappa shape index (κ2) is 5.90. The Bertz CT molecular complexity index is 560. The van der Waals surface area contributed by atoms with Crippen molar-refractivity contribution < 1.29 is 9.53 Å². The Hall–Kier alpha value is -2.50. The highest BCUT2D eigenvalue weighted by Crippen LogP contribution is 2.16. The van der Waals surface area contributed by atoms with Crippen molar-refractivity contribution in [1.29, 1.82) is 0 Å². The maximum Gasteiger partial charge on any atom is 0.376 e. The summed E-state index contributed by atoms with van der Waals surface area (Å²) in [5.74, 6) is 0.0373. The lowest BCUT2D eigenvalue weighted by Gasteiger charge is -2.14. The van der Waals surface area contributed by atoms with Crippen LogP contribution in [0.15, 0.2) is 36.8 Å². The number of anilines is 1. The third kappa shape index (κ3) is 3.25. The molecule has 2 aromatic heterocycles. The van der Waals surface area contributed by atoms with Crippen LogP contribution in [0.5, 0.6) is 0 Å². The van der Waals surface area contributed by atoms with Gasteiger partial charge >= 0.3 is 5.97 Å². The Labute approximate surface area is 110 Å². The van der Waals surface area contributed by atoms with Crippen LogP contribution < -0.4 is 5.32 Å². The summed E-state index contributed by atoms with van der Waals surface area (Å²) in [6, 6.07) is 5.55. The Kier molecular flexibility index (Phi) is 4.02. The van der Waals surface area contributed by atoms with Crippen LogP contribution in [0.3, 0.4) is 0 Å². The summed E-state index contributed by atoms with van der Waals surface area (Å²) in [6.07, 6.45) is 5.01. The Morgan fingerprint density at radius 1 is 1.37 bits per heavy atom. The van der Waals surface area contributed by atoms with Gasteiger partial charge in [0.25, 0.3) is 0 Å². The number of aromatic nitrogens is 3. The first kappa shape index (κ1) is 12.9. The van der Waals surface area contributed by atoms with Gasteiger partial charge in [-0.2, -0.15) is 0 Å². The molecule has 0 spiro atoms. The summed E-state index contributed by atoms with van der Waals surface area (Å²) in [7, 11) is 1.30.